The van der Waals surface area contributed by atoms with Crippen LogP contribution in [0.5, 0.6) is 0 Å². The third kappa shape index (κ3) is 4.76. The fourth-order valence-electron chi connectivity index (χ4n) is 1.41. The molecule has 0 radical (unpaired) electrons. The Hall–Kier alpha value is -0.730. The molecule has 1 unspecified atom stereocenters. The van der Waals surface area contributed by atoms with E-state index in [9.17, 15) is 4.79 Å². The first-order valence-electron chi connectivity index (χ1n) is 5.13. The molecule has 0 heterocycles. The Balaban J connectivity index is 3.99. The Kier molecular flexibility index (Phi) is 6.37. The molecule has 3 nitrogen and oxygen atoms in total. The van der Waals surface area contributed by atoms with Crippen LogP contribution < -0.4 is 0 Å². The van der Waals surface area contributed by atoms with E-state index in [4.69, 9.17) is 5.11 Å². The molecule has 0 saturated carbocycles. The average molecular weight is 187 g/mol. The molecule has 0 aromatic heterocycles. The minimum atomic E-state index is -0.783. The highest BCUT2D eigenvalue weighted by atomic mass is 16.4. The van der Waals surface area contributed by atoms with Crippen LogP contribution in [0.1, 0.15) is 46.5 Å². The van der Waals surface area contributed by atoms with Crippen molar-refractivity contribution in [1.29, 1.82) is 0 Å². The summed E-state index contributed by atoms with van der Waals surface area (Å²) >= 11 is 0. The Morgan fingerprint density at radius 1 is 1.38 bits per heavy atom. The third-order valence-corrected chi connectivity index (χ3v) is 2.24. The molecular weight excluding hydrogens is 166 g/mol. The summed E-state index contributed by atoms with van der Waals surface area (Å²) in [5.74, 6) is 0. The maximum absolute atomic E-state index is 10.8. The van der Waals surface area contributed by atoms with Crippen LogP contribution in [0.2, 0.25) is 0 Å². The molecule has 0 aliphatic rings. The molecule has 0 rings (SSSR count). The van der Waals surface area contributed by atoms with E-state index in [0.29, 0.717) is 6.54 Å². The first kappa shape index (κ1) is 12.3. The standard InChI is InChI=1S/C10H21NO2/c1-4-6-8-11(10(12)13)9(3)7-5-2/h9H,4-8H2,1-3H3,(H,12,13). The number of carboxylic acid groups (broad SMARTS) is 1. The van der Waals surface area contributed by atoms with Crippen molar-refractivity contribution in [2.24, 2.45) is 0 Å². The van der Waals surface area contributed by atoms with Gasteiger partial charge in [-0.2, -0.15) is 0 Å². The molecule has 1 amide bonds. The van der Waals surface area contributed by atoms with Crippen molar-refractivity contribution in [3.05, 3.63) is 0 Å². The molecule has 0 aromatic rings. The van der Waals surface area contributed by atoms with Crippen molar-refractivity contribution in [1.82, 2.24) is 4.90 Å². The average Bonchev–Trinajstić information content (AvgIpc) is 2.05. The molecule has 0 fully saturated rings. The summed E-state index contributed by atoms with van der Waals surface area (Å²) in [7, 11) is 0. The summed E-state index contributed by atoms with van der Waals surface area (Å²) in [4.78, 5) is 12.4. The van der Waals surface area contributed by atoms with Gasteiger partial charge in [0, 0.05) is 12.6 Å². The van der Waals surface area contributed by atoms with Crippen LogP contribution in [0.4, 0.5) is 4.79 Å². The Bertz CT molecular complexity index is 148. The van der Waals surface area contributed by atoms with Gasteiger partial charge in [-0.15, -0.1) is 0 Å². The molecule has 0 bridgehead atoms. The van der Waals surface area contributed by atoms with Gasteiger partial charge in [0.05, 0.1) is 0 Å². The van der Waals surface area contributed by atoms with Gasteiger partial charge in [0.15, 0.2) is 0 Å². The van der Waals surface area contributed by atoms with Gasteiger partial charge in [0.1, 0.15) is 0 Å². The Morgan fingerprint density at radius 2 is 2.00 bits per heavy atom. The summed E-state index contributed by atoms with van der Waals surface area (Å²) in [5.41, 5.74) is 0. The summed E-state index contributed by atoms with van der Waals surface area (Å²) < 4.78 is 0. The predicted molar refractivity (Wildman–Crippen MR) is 54.0 cm³/mol. The summed E-state index contributed by atoms with van der Waals surface area (Å²) in [6.07, 6.45) is 3.21. The zero-order chi connectivity index (χ0) is 10.3. The molecule has 3 heteroatoms. The normalized spacial score (nSPS) is 12.5. The van der Waals surface area contributed by atoms with Gasteiger partial charge in [0.2, 0.25) is 0 Å². The summed E-state index contributed by atoms with van der Waals surface area (Å²) in [6.45, 7) is 6.81. The minimum absolute atomic E-state index is 0.161. The number of unbranched alkanes of at least 4 members (excludes halogenated alkanes) is 1. The minimum Gasteiger partial charge on any atom is -0.465 e. The number of rotatable bonds is 6. The Labute approximate surface area is 80.7 Å². The van der Waals surface area contributed by atoms with Gasteiger partial charge in [0.25, 0.3) is 0 Å². The second-order valence-electron chi connectivity index (χ2n) is 3.47. The smallest absolute Gasteiger partial charge is 0.407 e. The van der Waals surface area contributed by atoms with Crippen molar-refractivity contribution in [2.75, 3.05) is 6.54 Å². The van der Waals surface area contributed by atoms with Gasteiger partial charge in [-0.1, -0.05) is 26.7 Å². The predicted octanol–water partition coefficient (Wildman–Crippen LogP) is 2.96. The lowest BCUT2D eigenvalue weighted by Crippen LogP contribution is -2.38. The second kappa shape index (κ2) is 6.75. The van der Waals surface area contributed by atoms with Crippen LogP contribution in [0.25, 0.3) is 0 Å². The van der Waals surface area contributed by atoms with Gasteiger partial charge in [-0.25, -0.2) is 4.79 Å². The third-order valence-electron chi connectivity index (χ3n) is 2.24. The molecule has 0 saturated heterocycles. The molecule has 1 N–H and O–H groups in total. The molecule has 13 heavy (non-hydrogen) atoms. The van der Waals surface area contributed by atoms with Gasteiger partial charge in [-0.05, 0) is 19.8 Å². The fraction of sp³-hybridized carbons (Fsp3) is 0.900. The SMILES string of the molecule is CCCCN(C(=O)O)C(C)CCC. The van der Waals surface area contributed by atoms with E-state index in [0.717, 1.165) is 25.7 Å². The highest BCUT2D eigenvalue weighted by Crippen LogP contribution is 2.08. The first-order chi connectivity index (χ1) is 6.13. The summed E-state index contributed by atoms with van der Waals surface area (Å²) in [5, 5.41) is 8.92. The van der Waals surface area contributed by atoms with Crippen LogP contribution in [-0.2, 0) is 0 Å². The van der Waals surface area contributed by atoms with E-state index in [2.05, 4.69) is 13.8 Å². The van der Waals surface area contributed by atoms with Gasteiger partial charge in [-0.3, -0.25) is 0 Å². The van der Waals surface area contributed by atoms with E-state index < -0.39 is 6.09 Å². The lowest BCUT2D eigenvalue weighted by molar-refractivity contribution is 0.124. The molecule has 0 spiro atoms. The molecule has 1 atom stereocenters. The van der Waals surface area contributed by atoms with Crippen LogP contribution in [0.3, 0.4) is 0 Å². The number of nitrogens with zero attached hydrogens (tertiary/aromatic N) is 1. The zero-order valence-electron chi connectivity index (χ0n) is 8.92. The van der Waals surface area contributed by atoms with E-state index in [-0.39, 0.29) is 6.04 Å². The number of carbonyl (C=O) groups is 1. The molecule has 0 aliphatic carbocycles. The monoisotopic (exact) mass is 187 g/mol. The highest BCUT2D eigenvalue weighted by Gasteiger charge is 2.17. The first-order valence-corrected chi connectivity index (χ1v) is 5.13. The molecule has 0 aromatic carbocycles. The lowest BCUT2D eigenvalue weighted by Gasteiger charge is -2.25. The second-order valence-corrected chi connectivity index (χ2v) is 3.47. The highest BCUT2D eigenvalue weighted by molar-refractivity contribution is 5.65. The van der Waals surface area contributed by atoms with Crippen molar-refractivity contribution >= 4 is 6.09 Å². The van der Waals surface area contributed by atoms with Crippen LogP contribution in [-0.4, -0.2) is 28.7 Å². The van der Waals surface area contributed by atoms with Crippen LogP contribution >= 0.6 is 0 Å². The van der Waals surface area contributed by atoms with E-state index in [1.165, 1.54) is 0 Å². The largest absolute Gasteiger partial charge is 0.465 e. The topological polar surface area (TPSA) is 40.5 Å². The van der Waals surface area contributed by atoms with Crippen molar-refractivity contribution in [3.8, 4) is 0 Å². The molecular formula is C10H21NO2. The van der Waals surface area contributed by atoms with Crippen molar-refractivity contribution in [2.45, 2.75) is 52.5 Å². The zero-order valence-corrected chi connectivity index (χ0v) is 8.92. The number of hydrogen-bond donors (Lipinski definition) is 1. The fourth-order valence-corrected chi connectivity index (χ4v) is 1.41. The van der Waals surface area contributed by atoms with Crippen molar-refractivity contribution in [3.63, 3.8) is 0 Å². The molecule has 0 aliphatic heterocycles. The summed E-state index contributed by atoms with van der Waals surface area (Å²) in [6, 6.07) is 0.161. The number of amides is 1. The molecule has 78 valence electrons. The maximum Gasteiger partial charge on any atom is 0.407 e. The van der Waals surface area contributed by atoms with Gasteiger partial charge >= 0.3 is 6.09 Å². The maximum atomic E-state index is 10.8. The van der Waals surface area contributed by atoms with Gasteiger partial charge < -0.3 is 10.0 Å². The number of hydrogen-bond acceptors (Lipinski definition) is 1. The van der Waals surface area contributed by atoms with E-state index in [1.54, 1.807) is 4.90 Å². The van der Waals surface area contributed by atoms with Crippen LogP contribution in [0, 0.1) is 0 Å². The quantitative estimate of drug-likeness (QED) is 0.694. The Morgan fingerprint density at radius 3 is 2.38 bits per heavy atom. The van der Waals surface area contributed by atoms with Crippen molar-refractivity contribution < 1.29 is 9.90 Å². The van der Waals surface area contributed by atoms with E-state index >= 15 is 0 Å². The van der Waals surface area contributed by atoms with E-state index in [1.807, 2.05) is 6.92 Å². The lowest BCUT2D eigenvalue weighted by atomic mass is 10.1. The van der Waals surface area contributed by atoms with Crippen LogP contribution in [0.15, 0.2) is 0 Å².